The van der Waals surface area contributed by atoms with Crippen LogP contribution in [0.1, 0.15) is 37.6 Å². The first-order valence-corrected chi connectivity index (χ1v) is 6.59. The van der Waals surface area contributed by atoms with Gasteiger partial charge in [-0.05, 0) is 12.8 Å². The van der Waals surface area contributed by atoms with E-state index < -0.39 is 4.92 Å². The minimum absolute atomic E-state index is 0.0169. The first-order chi connectivity index (χ1) is 9.40. The van der Waals surface area contributed by atoms with E-state index in [0.717, 1.165) is 12.6 Å². The average Bonchev–Trinajstić information content (AvgIpc) is 2.43. The molecule has 0 aliphatic rings. The molecule has 1 atom stereocenters. The fourth-order valence-electron chi connectivity index (χ4n) is 1.77. The van der Waals surface area contributed by atoms with Gasteiger partial charge < -0.3 is 10.6 Å². The molecule has 1 aromatic heterocycles. The minimum atomic E-state index is -0.589. The summed E-state index contributed by atoms with van der Waals surface area (Å²) in [5, 5.41) is 10.8. The molecule has 1 amide bonds. The van der Waals surface area contributed by atoms with Crippen LogP contribution >= 0.6 is 0 Å². The molecule has 0 bridgehead atoms. The third kappa shape index (κ3) is 3.66. The molecule has 0 aliphatic carbocycles. The van der Waals surface area contributed by atoms with Gasteiger partial charge in [0, 0.05) is 19.2 Å². The average molecular weight is 280 g/mol. The van der Waals surface area contributed by atoms with Crippen molar-refractivity contribution in [1.29, 1.82) is 0 Å². The van der Waals surface area contributed by atoms with Gasteiger partial charge in [0.2, 0.25) is 0 Å². The highest BCUT2D eigenvalue weighted by Gasteiger charge is 2.21. The number of carbonyl (C=O) groups is 1. The zero-order valence-electron chi connectivity index (χ0n) is 12.0. The van der Waals surface area contributed by atoms with Gasteiger partial charge in [-0.15, -0.1) is 0 Å². The molecule has 20 heavy (non-hydrogen) atoms. The summed E-state index contributed by atoms with van der Waals surface area (Å²) in [6.45, 7) is 7.07. The second-order valence-corrected chi connectivity index (χ2v) is 4.74. The second kappa shape index (κ2) is 6.83. The Morgan fingerprint density at radius 1 is 1.55 bits per heavy atom. The van der Waals surface area contributed by atoms with Crippen LogP contribution in [0.25, 0.3) is 0 Å². The minimum Gasteiger partial charge on any atom is -0.383 e. The van der Waals surface area contributed by atoms with E-state index in [0.29, 0.717) is 19.0 Å². The van der Waals surface area contributed by atoms with Crippen molar-refractivity contribution in [2.24, 2.45) is 5.92 Å². The molecule has 1 rings (SSSR count). The zero-order valence-corrected chi connectivity index (χ0v) is 12.0. The standard InChI is InChI=1S/C13H20N4O3/c1-4-9(3)8-16(5-2)13(18)11-6-10(17(19)20)7-15-12(11)14/h6-7,9H,4-5,8H2,1-3H3,(H2,14,15). The lowest BCUT2D eigenvalue weighted by molar-refractivity contribution is -0.385. The number of hydrogen-bond donors (Lipinski definition) is 1. The number of anilines is 1. The maximum Gasteiger partial charge on any atom is 0.288 e. The first-order valence-electron chi connectivity index (χ1n) is 6.59. The van der Waals surface area contributed by atoms with Crippen LogP contribution < -0.4 is 5.73 Å². The van der Waals surface area contributed by atoms with Gasteiger partial charge in [0.15, 0.2) is 0 Å². The number of aromatic nitrogens is 1. The van der Waals surface area contributed by atoms with E-state index in [1.165, 1.54) is 6.07 Å². The van der Waals surface area contributed by atoms with Gasteiger partial charge in [-0.1, -0.05) is 20.3 Å². The van der Waals surface area contributed by atoms with Gasteiger partial charge in [-0.2, -0.15) is 0 Å². The smallest absolute Gasteiger partial charge is 0.288 e. The molecule has 0 aromatic carbocycles. The van der Waals surface area contributed by atoms with Crippen LogP contribution in [-0.2, 0) is 0 Å². The Hall–Kier alpha value is -2.18. The molecule has 0 saturated carbocycles. The number of pyridine rings is 1. The van der Waals surface area contributed by atoms with Crippen molar-refractivity contribution in [2.75, 3.05) is 18.8 Å². The van der Waals surface area contributed by atoms with Crippen LogP contribution in [0, 0.1) is 16.0 Å². The van der Waals surface area contributed by atoms with Gasteiger partial charge in [0.1, 0.15) is 12.0 Å². The molecule has 2 N–H and O–H groups in total. The van der Waals surface area contributed by atoms with Crippen LogP contribution in [0.4, 0.5) is 11.5 Å². The van der Waals surface area contributed by atoms with Crippen LogP contribution in [-0.4, -0.2) is 33.8 Å². The van der Waals surface area contributed by atoms with Crippen LogP contribution in [0.5, 0.6) is 0 Å². The Bertz CT molecular complexity index is 504. The third-order valence-corrected chi connectivity index (χ3v) is 3.24. The molecule has 1 heterocycles. The number of nitrogens with two attached hydrogens (primary N) is 1. The van der Waals surface area contributed by atoms with Gasteiger partial charge in [-0.3, -0.25) is 14.9 Å². The van der Waals surface area contributed by atoms with Gasteiger partial charge in [0.05, 0.1) is 10.5 Å². The lowest BCUT2D eigenvalue weighted by Crippen LogP contribution is -2.35. The van der Waals surface area contributed by atoms with Crippen LogP contribution in [0.3, 0.4) is 0 Å². The van der Waals surface area contributed by atoms with Gasteiger partial charge in [-0.25, -0.2) is 4.98 Å². The quantitative estimate of drug-likeness (QED) is 0.634. The lowest BCUT2D eigenvalue weighted by Gasteiger charge is -2.24. The van der Waals surface area contributed by atoms with E-state index in [1.807, 2.05) is 20.8 Å². The third-order valence-electron chi connectivity index (χ3n) is 3.24. The summed E-state index contributed by atoms with van der Waals surface area (Å²) >= 11 is 0. The van der Waals surface area contributed by atoms with E-state index >= 15 is 0 Å². The normalized spacial score (nSPS) is 11.9. The van der Waals surface area contributed by atoms with Crippen molar-refractivity contribution in [1.82, 2.24) is 9.88 Å². The zero-order chi connectivity index (χ0) is 15.3. The molecule has 0 saturated heterocycles. The number of nitrogens with zero attached hydrogens (tertiary/aromatic N) is 3. The summed E-state index contributed by atoms with van der Waals surface area (Å²) in [5.74, 6) is 0.0523. The number of carbonyl (C=O) groups excluding carboxylic acids is 1. The number of amides is 1. The fourth-order valence-corrected chi connectivity index (χ4v) is 1.77. The molecule has 0 radical (unpaired) electrons. The van der Waals surface area contributed by atoms with Gasteiger partial charge >= 0.3 is 0 Å². The van der Waals surface area contributed by atoms with Crippen molar-refractivity contribution in [2.45, 2.75) is 27.2 Å². The molecule has 0 spiro atoms. The summed E-state index contributed by atoms with van der Waals surface area (Å²) in [6.07, 6.45) is 2.00. The van der Waals surface area contributed by atoms with Crippen molar-refractivity contribution in [3.05, 3.63) is 27.9 Å². The predicted octanol–water partition coefficient (Wildman–Crippen LogP) is 2.08. The lowest BCUT2D eigenvalue weighted by atomic mass is 10.1. The molecule has 0 aliphatic heterocycles. The van der Waals surface area contributed by atoms with Gasteiger partial charge in [0.25, 0.3) is 11.6 Å². The van der Waals surface area contributed by atoms with E-state index in [4.69, 9.17) is 5.73 Å². The van der Waals surface area contributed by atoms with E-state index in [9.17, 15) is 14.9 Å². The molecule has 0 fully saturated rings. The van der Waals surface area contributed by atoms with E-state index in [-0.39, 0.29) is 23.0 Å². The SMILES string of the molecule is CCC(C)CN(CC)C(=O)c1cc([N+](=O)[O-])cnc1N. The molecule has 110 valence electrons. The van der Waals surface area contributed by atoms with Crippen LogP contribution in [0.15, 0.2) is 12.3 Å². The molecule has 1 aromatic rings. The van der Waals surface area contributed by atoms with Crippen LogP contribution in [0.2, 0.25) is 0 Å². The van der Waals surface area contributed by atoms with Crippen molar-refractivity contribution < 1.29 is 9.72 Å². The summed E-state index contributed by atoms with van der Waals surface area (Å²) in [7, 11) is 0. The summed E-state index contributed by atoms with van der Waals surface area (Å²) in [6, 6.07) is 1.18. The van der Waals surface area contributed by atoms with E-state index in [1.54, 1.807) is 4.90 Å². The first kappa shape index (κ1) is 15.9. The monoisotopic (exact) mass is 280 g/mol. The van der Waals surface area contributed by atoms with Crippen molar-refractivity contribution in [3.8, 4) is 0 Å². The molecule has 1 unspecified atom stereocenters. The fraction of sp³-hybridized carbons (Fsp3) is 0.538. The Morgan fingerprint density at radius 2 is 2.20 bits per heavy atom. The second-order valence-electron chi connectivity index (χ2n) is 4.74. The Balaban J connectivity index is 3.05. The number of rotatable bonds is 6. The molecular formula is C13H20N4O3. The topological polar surface area (TPSA) is 102 Å². The summed E-state index contributed by atoms with van der Waals surface area (Å²) in [4.78, 5) is 27.9. The number of nitrogen functional groups attached to an aromatic ring is 1. The largest absolute Gasteiger partial charge is 0.383 e. The number of nitro groups is 1. The van der Waals surface area contributed by atoms with Crippen molar-refractivity contribution >= 4 is 17.4 Å². The predicted molar refractivity (Wildman–Crippen MR) is 76.3 cm³/mol. The Labute approximate surface area is 117 Å². The van der Waals surface area contributed by atoms with Crippen molar-refractivity contribution in [3.63, 3.8) is 0 Å². The highest BCUT2D eigenvalue weighted by Crippen LogP contribution is 2.19. The maximum atomic E-state index is 12.4. The highest BCUT2D eigenvalue weighted by atomic mass is 16.6. The summed E-state index contributed by atoms with van der Waals surface area (Å²) in [5.41, 5.74) is 5.52. The highest BCUT2D eigenvalue weighted by molar-refractivity contribution is 5.98. The molecular weight excluding hydrogens is 260 g/mol. The number of hydrogen-bond acceptors (Lipinski definition) is 5. The summed E-state index contributed by atoms with van der Waals surface area (Å²) < 4.78 is 0. The Morgan fingerprint density at radius 3 is 2.70 bits per heavy atom. The molecule has 7 nitrogen and oxygen atoms in total. The van der Waals surface area contributed by atoms with E-state index in [2.05, 4.69) is 4.98 Å². The Kier molecular flexibility index (Phi) is 5.42. The maximum absolute atomic E-state index is 12.4. The molecule has 7 heteroatoms.